The maximum atomic E-state index is 7.66. The number of nitrogens with zero attached hydrogens (tertiary/aromatic N) is 1. The fraction of sp³-hybridized carbons (Fsp3) is 0.318. The monoisotopic (exact) mass is 350 g/mol. The average Bonchev–Trinajstić information content (AvgIpc) is 2.90. The highest BCUT2D eigenvalue weighted by Crippen LogP contribution is 2.50. The summed E-state index contributed by atoms with van der Waals surface area (Å²) < 4.78 is 10.8. The van der Waals surface area contributed by atoms with E-state index in [-0.39, 0.29) is 5.41 Å². The summed E-state index contributed by atoms with van der Waals surface area (Å²) in [7, 11) is 3.38. The van der Waals surface area contributed by atoms with Gasteiger partial charge in [-0.25, -0.2) is 0 Å². The molecule has 0 saturated carbocycles. The fourth-order valence-corrected chi connectivity index (χ4v) is 3.92. The molecule has 2 aromatic rings. The standard InChI is InChI=1S/C22H26N2O2/c1-5-24-20-11-10-18(26-4)14-19(20)22(2,21(24)12-13-23)15-16-6-8-17(25-3)9-7-16/h6-14,23H,5,15H2,1-4H3/b21-12-,23-13?. The van der Waals surface area contributed by atoms with Gasteiger partial charge in [-0.1, -0.05) is 12.1 Å². The minimum atomic E-state index is -0.230. The summed E-state index contributed by atoms with van der Waals surface area (Å²) in [6, 6.07) is 14.5. The SMILES string of the molecule is CCN1/C(=C\C=N)C(C)(Cc2ccc(OC)cc2)c2cc(OC)ccc21. The number of nitrogens with one attached hydrogen (secondary N) is 1. The number of rotatable bonds is 6. The molecule has 2 aromatic carbocycles. The van der Waals surface area contributed by atoms with E-state index in [2.05, 4.69) is 43.0 Å². The summed E-state index contributed by atoms with van der Waals surface area (Å²) in [6.45, 7) is 5.25. The molecule has 26 heavy (non-hydrogen) atoms. The highest BCUT2D eigenvalue weighted by Gasteiger charge is 2.43. The van der Waals surface area contributed by atoms with E-state index in [1.807, 2.05) is 24.3 Å². The molecule has 1 heterocycles. The molecule has 0 aliphatic carbocycles. The lowest BCUT2D eigenvalue weighted by atomic mass is 9.76. The van der Waals surface area contributed by atoms with Crippen molar-refractivity contribution in [1.29, 1.82) is 5.41 Å². The first-order valence-corrected chi connectivity index (χ1v) is 8.87. The van der Waals surface area contributed by atoms with E-state index in [0.717, 1.165) is 30.2 Å². The number of hydrogen-bond acceptors (Lipinski definition) is 4. The van der Waals surface area contributed by atoms with Crippen LogP contribution in [0.5, 0.6) is 11.5 Å². The predicted molar refractivity (Wildman–Crippen MR) is 107 cm³/mol. The number of benzene rings is 2. The molecule has 1 aliphatic heterocycles. The molecule has 4 heteroatoms. The maximum Gasteiger partial charge on any atom is 0.119 e. The third-order valence-electron chi connectivity index (χ3n) is 5.22. The van der Waals surface area contributed by atoms with Crippen LogP contribution < -0.4 is 14.4 Å². The molecule has 0 radical (unpaired) electrons. The molecular weight excluding hydrogens is 324 g/mol. The number of methoxy groups -OCH3 is 2. The van der Waals surface area contributed by atoms with Gasteiger partial charge in [-0.05, 0) is 67.8 Å². The minimum Gasteiger partial charge on any atom is -0.497 e. The second kappa shape index (κ2) is 7.24. The van der Waals surface area contributed by atoms with E-state index in [0.29, 0.717) is 0 Å². The second-order valence-electron chi connectivity index (χ2n) is 6.70. The zero-order valence-corrected chi connectivity index (χ0v) is 15.9. The highest BCUT2D eigenvalue weighted by atomic mass is 16.5. The Hall–Kier alpha value is -2.75. The van der Waals surface area contributed by atoms with Crippen LogP contribution in [-0.4, -0.2) is 27.0 Å². The van der Waals surface area contributed by atoms with E-state index in [1.165, 1.54) is 23.0 Å². The van der Waals surface area contributed by atoms with Gasteiger partial charge in [-0.15, -0.1) is 0 Å². The summed E-state index contributed by atoms with van der Waals surface area (Å²) in [6.07, 6.45) is 4.14. The summed E-state index contributed by atoms with van der Waals surface area (Å²) >= 11 is 0. The number of hydrogen-bond donors (Lipinski definition) is 1. The summed E-state index contributed by atoms with van der Waals surface area (Å²) in [5, 5.41) is 7.66. The first-order valence-electron chi connectivity index (χ1n) is 8.87. The van der Waals surface area contributed by atoms with Gasteiger partial charge in [0.05, 0.1) is 14.2 Å². The Morgan fingerprint density at radius 1 is 1.04 bits per heavy atom. The molecule has 0 bridgehead atoms. The van der Waals surface area contributed by atoms with Crippen molar-refractivity contribution in [3.8, 4) is 11.5 Å². The lowest BCUT2D eigenvalue weighted by Gasteiger charge is -2.30. The predicted octanol–water partition coefficient (Wildman–Crippen LogP) is 4.58. The van der Waals surface area contributed by atoms with E-state index in [9.17, 15) is 0 Å². The van der Waals surface area contributed by atoms with Gasteiger partial charge in [-0.3, -0.25) is 0 Å². The quantitative estimate of drug-likeness (QED) is 0.776. The Kier molecular flexibility index (Phi) is 5.03. The van der Waals surface area contributed by atoms with Gasteiger partial charge < -0.3 is 19.8 Å². The van der Waals surface area contributed by atoms with Crippen LogP contribution >= 0.6 is 0 Å². The van der Waals surface area contributed by atoms with Crippen molar-refractivity contribution >= 4 is 11.9 Å². The summed E-state index contributed by atoms with van der Waals surface area (Å²) in [5.74, 6) is 1.72. The summed E-state index contributed by atoms with van der Waals surface area (Å²) in [5.41, 5.74) is 4.58. The van der Waals surface area contributed by atoms with Crippen LogP contribution in [0.4, 0.5) is 5.69 Å². The van der Waals surface area contributed by atoms with Crippen LogP contribution in [0.1, 0.15) is 25.0 Å². The molecule has 0 fully saturated rings. The van der Waals surface area contributed by atoms with E-state index in [4.69, 9.17) is 14.9 Å². The van der Waals surface area contributed by atoms with Gasteiger partial charge >= 0.3 is 0 Å². The number of fused-ring (bicyclic) bond motifs is 1. The molecule has 1 unspecified atom stereocenters. The second-order valence-corrected chi connectivity index (χ2v) is 6.70. The van der Waals surface area contributed by atoms with E-state index < -0.39 is 0 Å². The van der Waals surface area contributed by atoms with Gasteiger partial charge in [0.2, 0.25) is 0 Å². The molecule has 136 valence electrons. The van der Waals surface area contributed by atoms with Crippen molar-refractivity contribution < 1.29 is 9.47 Å². The lowest BCUT2D eigenvalue weighted by molar-refractivity contribution is 0.413. The van der Waals surface area contributed by atoms with E-state index in [1.54, 1.807) is 14.2 Å². The Morgan fingerprint density at radius 2 is 1.69 bits per heavy atom. The number of allylic oxidation sites excluding steroid dienone is 2. The Bertz CT molecular complexity index is 827. The molecule has 1 N–H and O–H groups in total. The molecule has 0 spiro atoms. The third-order valence-corrected chi connectivity index (χ3v) is 5.22. The van der Waals surface area contributed by atoms with Crippen molar-refractivity contribution in [2.45, 2.75) is 25.7 Å². The third kappa shape index (κ3) is 2.96. The first-order chi connectivity index (χ1) is 12.6. The number of ether oxygens (including phenoxy) is 2. The van der Waals surface area contributed by atoms with Crippen molar-refractivity contribution in [1.82, 2.24) is 0 Å². The highest BCUT2D eigenvalue weighted by molar-refractivity contribution is 5.79. The minimum absolute atomic E-state index is 0.230. The van der Waals surface area contributed by atoms with Crippen LogP contribution in [0.15, 0.2) is 54.2 Å². The van der Waals surface area contributed by atoms with Crippen LogP contribution in [0, 0.1) is 5.41 Å². The van der Waals surface area contributed by atoms with Crippen molar-refractivity contribution in [3.63, 3.8) is 0 Å². The molecule has 1 atom stereocenters. The first kappa shape index (κ1) is 18.1. The fourth-order valence-electron chi connectivity index (χ4n) is 3.92. The summed E-state index contributed by atoms with van der Waals surface area (Å²) in [4.78, 5) is 2.29. The number of anilines is 1. The van der Waals surface area contributed by atoms with Gasteiger partial charge in [-0.2, -0.15) is 0 Å². The molecule has 0 aromatic heterocycles. The zero-order valence-electron chi connectivity index (χ0n) is 15.9. The molecule has 0 saturated heterocycles. The Morgan fingerprint density at radius 3 is 2.27 bits per heavy atom. The topological polar surface area (TPSA) is 45.6 Å². The van der Waals surface area contributed by atoms with Crippen LogP contribution in [0.25, 0.3) is 0 Å². The van der Waals surface area contributed by atoms with Gasteiger partial charge in [0, 0.05) is 29.6 Å². The Labute approximate surface area is 155 Å². The van der Waals surface area contributed by atoms with Crippen molar-refractivity contribution in [2.24, 2.45) is 0 Å². The normalized spacial score (nSPS) is 20.2. The molecule has 3 rings (SSSR count). The Balaban J connectivity index is 2.11. The molecule has 0 amide bonds. The van der Waals surface area contributed by atoms with Crippen molar-refractivity contribution in [2.75, 3.05) is 25.7 Å². The zero-order chi connectivity index (χ0) is 18.7. The maximum absolute atomic E-state index is 7.66. The van der Waals surface area contributed by atoms with Gasteiger partial charge in [0.25, 0.3) is 0 Å². The van der Waals surface area contributed by atoms with Gasteiger partial charge in [0.15, 0.2) is 0 Å². The van der Waals surface area contributed by atoms with Gasteiger partial charge in [0.1, 0.15) is 11.5 Å². The van der Waals surface area contributed by atoms with Crippen LogP contribution in [0.2, 0.25) is 0 Å². The van der Waals surface area contributed by atoms with E-state index >= 15 is 0 Å². The van der Waals surface area contributed by atoms with Crippen LogP contribution in [0.3, 0.4) is 0 Å². The largest absolute Gasteiger partial charge is 0.497 e. The molecular formula is C22H26N2O2. The smallest absolute Gasteiger partial charge is 0.119 e. The van der Waals surface area contributed by atoms with Crippen LogP contribution in [-0.2, 0) is 11.8 Å². The number of likely N-dealkylation sites (N-methyl/N-ethyl adjacent to an activating group) is 1. The average molecular weight is 350 g/mol. The lowest BCUT2D eigenvalue weighted by Crippen LogP contribution is -2.30. The van der Waals surface area contributed by atoms with Crippen molar-refractivity contribution in [3.05, 3.63) is 65.4 Å². The molecule has 4 nitrogen and oxygen atoms in total. The molecule has 1 aliphatic rings.